The molecule has 0 radical (unpaired) electrons. The Bertz CT molecular complexity index is 670. The zero-order valence-electron chi connectivity index (χ0n) is 14.8. The highest BCUT2D eigenvalue weighted by Crippen LogP contribution is 2.33. The highest BCUT2D eigenvalue weighted by atomic mass is 32.1. The third-order valence-corrected chi connectivity index (χ3v) is 4.31. The SMILES string of the molecule is COC(=O)C1=C(C)N(CC(C)C)C(=S)NC1c1cccc(OC)c1. The van der Waals surface area contributed by atoms with E-state index in [1.165, 1.54) is 7.11 Å². The molecule has 0 fully saturated rings. The lowest BCUT2D eigenvalue weighted by Gasteiger charge is -2.38. The number of allylic oxidation sites excluding steroid dienone is 1. The lowest BCUT2D eigenvalue weighted by molar-refractivity contribution is -0.136. The molecule has 0 bridgehead atoms. The number of carbonyl (C=O) groups excluding carboxylic acids is 1. The standard InChI is InChI=1S/C18H24N2O3S/c1-11(2)10-20-12(3)15(17(21)23-5)16(19-18(20)24)13-7-6-8-14(9-13)22-4/h6-9,11,16H,10H2,1-5H3,(H,19,24). The Balaban J connectivity index is 2.52. The molecule has 6 heteroatoms. The van der Waals surface area contributed by atoms with Crippen LogP contribution in [-0.4, -0.2) is 36.7 Å². The van der Waals surface area contributed by atoms with Gasteiger partial charge in [0.15, 0.2) is 5.11 Å². The molecule has 5 nitrogen and oxygen atoms in total. The average molecular weight is 348 g/mol. The predicted molar refractivity (Wildman–Crippen MR) is 97.7 cm³/mol. The summed E-state index contributed by atoms with van der Waals surface area (Å²) in [5.74, 6) is 0.780. The van der Waals surface area contributed by atoms with Crippen molar-refractivity contribution >= 4 is 23.3 Å². The van der Waals surface area contributed by atoms with Crippen LogP contribution in [0.1, 0.15) is 32.4 Å². The minimum atomic E-state index is -0.358. The van der Waals surface area contributed by atoms with Crippen molar-refractivity contribution in [2.45, 2.75) is 26.8 Å². The zero-order valence-corrected chi connectivity index (χ0v) is 15.6. The van der Waals surface area contributed by atoms with Gasteiger partial charge in [0.05, 0.1) is 25.8 Å². The summed E-state index contributed by atoms with van der Waals surface area (Å²) < 4.78 is 10.3. The lowest BCUT2D eigenvalue weighted by atomic mass is 9.94. The number of hydrogen-bond acceptors (Lipinski definition) is 4. The number of nitrogens with zero attached hydrogens (tertiary/aromatic N) is 1. The molecule has 0 saturated heterocycles. The molecule has 0 saturated carbocycles. The van der Waals surface area contributed by atoms with Crippen LogP contribution in [0.15, 0.2) is 35.5 Å². The summed E-state index contributed by atoms with van der Waals surface area (Å²) in [5, 5.41) is 3.89. The largest absolute Gasteiger partial charge is 0.497 e. The molecule has 0 spiro atoms. The van der Waals surface area contributed by atoms with Crippen LogP contribution < -0.4 is 10.1 Å². The summed E-state index contributed by atoms with van der Waals surface area (Å²) in [6.07, 6.45) is 0. The van der Waals surface area contributed by atoms with E-state index in [9.17, 15) is 4.79 Å². The molecule has 1 heterocycles. The highest BCUT2D eigenvalue weighted by Gasteiger charge is 2.34. The van der Waals surface area contributed by atoms with Gasteiger partial charge in [-0.25, -0.2) is 4.79 Å². The molecule has 24 heavy (non-hydrogen) atoms. The van der Waals surface area contributed by atoms with Gasteiger partial charge in [0.2, 0.25) is 0 Å². The van der Waals surface area contributed by atoms with Gasteiger partial charge >= 0.3 is 5.97 Å². The van der Waals surface area contributed by atoms with E-state index in [1.807, 2.05) is 36.1 Å². The van der Waals surface area contributed by atoms with Crippen LogP contribution >= 0.6 is 12.2 Å². The predicted octanol–water partition coefficient (Wildman–Crippen LogP) is 3.03. The lowest BCUT2D eigenvalue weighted by Crippen LogP contribution is -2.48. The van der Waals surface area contributed by atoms with Gasteiger partial charge < -0.3 is 19.7 Å². The van der Waals surface area contributed by atoms with Gasteiger partial charge in [0.25, 0.3) is 0 Å². The topological polar surface area (TPSA) is 50.8 Å². The smallest absolute Gasteiger partial charge is 0.337 e. The summed E-state index contributed by atoms with van der Waals surface area (Å²) in [6, 6.07) is 7.24. The summed E-state index contributed by atoms with van der Waals surface area (Å²) >= 11 is 5.53. The quantitative estimate of drug-likeness (QED) is 0.652. The number of rotatable bonds is 5. The molecule has 1 N–H and O–H groups in total. The Kier molecular flexibility index (Phi) is 5.83. The molecule has 1 aromatic rings. The van der Waals surface area contributed by atoms with Crippen LogP contribution in [0, 0.1) is 5.92 Å². The fourth-order valence-corrected chi connectivity index (χ4v) is 3.14. The van der Waals surface area contributed by atoms with Crippen molar-refractivity contribution in [3.8, 4) is 5.75 Å². The Hall–Kier alpha value is -2.08. The maximum atomic E-state index is 12.4. The highest BCUT2D eigenvalue weighted by molar-refractivity contribution is 7.80. The van der Waals surface area contributed by atoms with Crippen LogP contribution in [0.5, 0.6) is 5.75 Å². The maximum absolute atomic E-state index is 12.4. The third kappa shape index (κ3) is 3.70. The molecule has 1 unspecified atom stereocenters. The number of carbonyl (C=O) groups is 1. The van der Waals surface area contributed by atoms with E-state index in [0.29, 0.717) is 16.6 Å². The van der Waals surface area contributed by atoms with Crippen molar-refractivity contribution in [3.63, 3.8) is 0 Å². The van der Waals surface area contributed by atoms with E-state index in [4.69, 9.17) is 21.7 Å². The van der Waals surface area contributed by atoms with Gasteiger partial charge in [-0.3, -0.25) is 0 Å². The summed E-state index contributed by atoms with van der Waals surface area (Å²) in [6.45, 7) is 6.88. The summed E-state index contributed by atoms with van der Waals surface area (Å²) in [5.41, 5.74) is 2.30. The second kappa shape index (κ2) is 7.66. The van der Waals surface area contributed by atoms with E-state index in [-0.39, 0.29) is 12.0 Å². The van der Waals surface area contributed by atoms with E-state index in [0.717, 1.165) is 23.6 Å². The Labute approximate surface area is 148 Å². The van der Waals surface area contributed by atoms with Crippen molar-refractivity contribution < 1.29 is 14.3 Å². The number of benzene rings is 1. The van der Waals surface area contributed by atoms with Gasteiger partial charge in [0, 0.05) is 12.2 Å². The van der Waals surface area contributed by atoms with Crippen molar-refractivity contribution in [3.05, 3.63) is 41.1 Å². The summed E-state index contributed by atoms with van der Waals surface area (Å²) in [7, 11) is 3.01. The van der Waals surface area contributed by atoms with Gasteiger partial charge in [0.1, 0.15) is 5.75 Å². The van der Waals surface area contributed by atoms with Gasteiger partial charge in [-0.1, -0.05) is 26.0 Å². The molecule has 2 rings (SSSR count). The van der Waals surface area contributed by atoms with E-state index in [2.05, 4.69) is 19.2 Å². The maximum Gasteiger partial charge on any atom is 0.337 e. The van der Waals surface area contributed by atoms with Crippen molar-refractivity contribution in [2.75, 3.05) is 20.8 Å². The van der Waals surface area contributed by atoms with Crippen molar-refractivity contribution in [1.82, 2.24) is 10.2 Å². The van der Waals surface area contributed by atoms with Gasteiger partial charge in [-0.2, -0.15) is 0 Å². The number of ether oxygens (including phenoxy) is 2. The number of thiocarbonyl (C=S) groups is 1. The average Bonchev–Trinajstić information content (AvgIpc) is 2.57. The first-order valence-electron chi connectivity index (χ1n) is 7.90. The minimum absolute atomic E-state index is 0.357. The minimum Gasteiger partial charge on any atom is -0.497 e. The second-order valence-corrected chi connectivity index (χ2v) is 6.54. The first-order chi connectivity index (χ1) is 11.4. The monoisotopic (exact) mass is 348 g/mol. The molecule has 130 valence electrons. The molecule has 1 aliphatic rings. The molecular weight excluding hydrogens is 324 g/mol. The number of hydrogen-bond donors (Lipinski definition) is 1. The first kappa shape index (κ1) is 18.3. The first-order valence-corrected chi connectivity index (χ1v) is 8.31. The molecule has 0 aliphatic carbocycles. The number of nitrogens with one attached hydrogen (secondary N) is 1. The Morgan fingerprint density at radius 2 is 2.08 bits per heavy atom. The Morgan fingerprint density at radius 1 is 1.38 bits per heavy atom. The number of methoxy groups -OCH3 is 2. The van der Waals surface area contributed by atoms with Crippen LogP contribution in [0.25, 0.3) is 0 Å². The molecular formula is C18H24N2O3S. The molecule has 1 atom stereocenters. The van der Waals surface area contributed by atoms with Gasteiger partial charge in [-0.05, 0) is 42.8 Å². The molecule has 0 aromatic heterocycles. The van der Waals surface area contributed by atoms with E-state index < -0.39 is 0 Å². The third-order valence-electron chi connectivity index (χ3n) is 3.98. The normalized spacial score (nSPS) is 17.8. The Morgan fingerprint density at radius 3 is 2.67 bits per heavy atom. The van der Waals surface area contributed by atoms with Crippen LogP contribution in [0.4, 0.5) is 0 Å². The fourth-order valence-electron chi connectivity index (χ4n) is 2.81. The zero-order chi connectivity index (χ0) is 17.9. The van der Waals surface area contributed by atoms with Gasteiger partial charge in [-0.15, -0.1) is 0 Å². The number of esters is 1. The molecule has 1 aliphatic heterocycles. The van der Waals surface area contributed by atoms with Crippen molar-refractivity contribution in [1.29, 1.82) is 0 Å². The fraction of sp³-hybridized carbons (Fsp3) is 0.444. The van der Waals surface area contributed by atoms with E-state index >= 15 is 0 Å². The van der Waals surface area contributed by atoms with Crippen LogP contribution in [0.3, 0.4) is 0 Å². The van der Waals surface area contributed by atoms with Crippen molar-refractivity contribution in [2.24, 2.45) is 5.92 Å². The second-order valence-electron chi connectivity index (χ2n) is 6.15. The van der Waals surface area contributed by atoms with Crippen LogP contribution in [0.2, 0.25) is 0 Å². The summed E-state index contributed by atoms with van der Waals surface area (Å²) in [4.78, 5) is 14.4. The molecule has 0 amide bonds. The molecule has 1 aromatic carbocycles. The van der Waals surface area contributed by atoms with E-state index in [1.54, 1.807) is 7.11 Å². The van der Waals surface area contributed by atoms with Crippen LogP contribution in [-0.2, 0) is 9.53 Å².